The van der Waals surface area contributed by atoms with E-state index in [0.29, 0.717) is 5.69 Å². The quantitative estimate of drug-likeness (QED) is 0.519. The Morgan fingerprint density at radius 3 is 2.77 bits per heavy atom. The molecule has 1 aromatic heterocycles. The predicted octanol–water partition coefficient (Wildman–Crippen LogP) is -0.330. The average Bonchev–Trinajstić information content (AvgIpc) is 2.55. The lowest BCUT2D eigenvalue weighted by Crippen LogP contribution is -2.46. The number of aromatic nitrogens is 1. The van der Waals surface area contributed by atoms with Crippen LogP contribution in [-0.2, 0) is 0 Å². The minimum absolute atomic E-state index is 0.369. The predicted molar refractivity (Wildman–Crippen MR) is 45.6 cm³/mol. The smallest absolute Gasteiger partial charge is 0.333 e. The number of primary amides is 1. The van der Waals surface area contributed by atoms with Gasteiger partial charge in [0.1, 0.15) is 5.69 Å². The number of amides is 3. The van der Waals surface area contributed by atoms with Gasteiger partial charge in [-0.05, 0) is 12.1 Å². The Balaban J connectivity index is 2.56. The number of rotatable bonds is 1. The van der Waals surface area contributed by atoms with Crippen molar-refractivity contribution in [3.8, 4) is 0 Å². The lowest BCUT2D eigenvalue weighted by Gasteiger charge is -2.14. The molecule has 0 atom stereocenters. The Hall–Kier alpha value is -1.98. The van der Waals surface area contributed by atoms with E-state index in [1.807, 2.05) is 0 Å². The molecule has 6 nitrogen and oxygen atoms in total. The molecule has 1 aromatic rings. The third-order valence-corrected chi connectivity index (χ3v) is 1.44. The molecule has 0 aliphatic heterocycles. The van der Waals surface area contributed by atoms with Gasteiger partial charge in [-0.2, -0.15) is 0 Å². The van der Waals surface area contributed by atoms with Gasteiger partial charge in [-0.3, -0.25) is 10.2 Å². The van der Waals surface area contributed by atoms with Gasteiger partial charge in [-0.1, -0.05) is 0 Å². The summed E-state index contributed by atoms with van der Waals surface area (Å²) in [5, 5.41) is 0.906. The van der Waals surface area contributed by atoms with Crippen LogP contribution in [0.2, 0.25) is 0 Å². The Labute approximate surface area is 74.7 Å². The Kier molecular flexibility index (Phi) is 2.53. The lowest BCUT2D eigenvalue weighted by atomic mass is 10.4. The van der Waals surface area contributed by atoms with Gasteiger partial charge in [0, 0.05) is 13.2 Å². The van der Waals surface area contributed by atoms with Crippen molar-refractivity contribution in [2.45, 2.75) is 0 Å². The van der Waals surface area contributed by atoms with Crippen LogP contribution in [0.1, 0.15) is 10.5 Å². The molecule has 0 aliphatic carbocycles. The molecule has 3 amide bonds. The van der Waals surface area contributed by atoms with Crippen molar-refractivity contribution >= 4 is 11.9 Å². The second kappa shape index (κ2) is 3.61. The number of hydrazine groups is 1. The molecule has 13 heavy (non-hydrogen) atoms. The fraction of sp³-hybridized carbons (Fsp3) is 0.143. The number of hydrogen-bond acceptors (Lipinski definition) is 2. The molecule has 4 N–H and O–H groups in total. The summed E-state index contributed by atoms with van der Waals surface area (Å²) in [5.74, 6) is -0.411. The summed E-state index contributed by atoms with van der Waals surface area (Å²) >= 11 is 0. The molecule has 0 spiro atoms. The molecule has 1 rings (SSSR count). The third-order valence-electron chi connectivity index (χ3n) is 1.44. The number of hydrogen-bond donors (Lipinski definition) is 3. The van der Waals surface area contributed by atoms with Crippen LogP contribution in [0.25, 0.3) is 0 Å². The second-order valence-electron chi connectivity index (χ2n) is 2.42. The highest BCUT2D eigenvalue weighted by Gasteiger charge is 2.09. The van der Waals surface area contributed by atoms with Gasteiger partial charge < -0.3 is 10.7 Å². The first kappa shape index (κ1) is 9.11. The number of aromatic amines is 1. The summed E-state index contributed by atoms with van der Waals surface area (Å²) in [6, 6.07) is 2.54. The van der Waals surface area contributed by atoms with E-state index in [4.69, 9.17) is 5.73 Å². The molecule has 6 heteroatoms. The topological polar surface area (TPSA) is 91.2 Å². The van der Waals surface area contributed by atoms with Gasteiger partial charge in [0.15, 0.2) is 0 Å². The van der Waals surface area contributed by atoms with E-state index in [9.17, 15) is 9.59 Å². The van der Waals surface area contributed by atoms with Crippen LogP contribution >= 0.6 is 0 Å². The Bertz CT molecular complexity index is 306. The molecule has 0 bridgehead atoms. The molecule has 0 saturated carbocycles. The minimum Gasteiger partial charge on any atom is -0.357 e. The van der Waals surface area contributed by atoms with Crippen LogP contribution in [0.5, 0.6) is 0 Å². The molecule has 70 valence electrons. The number of urea groups is 1. The van der Waals surface area contributed by atoms with Crippen LogP contribution < -0.4 is 11.2 Å². The average molecular weight is 182 g/mol. The fourth-order valence-electron chi connectivity index (χ4n) is 0.739. The molecule has 1 heterocycles. The molecule has 0 aromatic carbocycles. The zero-order valence-electron chi connectivity index (χ0n) is 7.07. The molecule has 0 fully saturated rings. The molecular weight excluding hydrogens is 172 g/mol. The van der Waals surface area contributed by atoms with Crippen molar-refractivity contribution in [1.29, 1.82) is 0 Å². The first-order valence-electron chi connectivity index (χ1n) is 3.59. The van der Waals surface area contributed by atoms with E-state index in [-0.39, 0.29) is 0 Å². The van der Waals surface area contributed by atoms with E-state index < -0.39 is 11.9 Å². The maximum Gasteiger partial charge on any atom is 0.333 e. The maximum atomic E-state index is 11.2. The highest BCUT2D eigenvalue weighted by Crippen LogP contribution is 1.93. The lowest BCUT2D eigenvalue weighted by molar-refractivity contribution is 0.0854. The number of nitrogens with two attached hydrogens (primary N) is 1. The van der Waals surface area contributed by atoms with Crippen molar-refractivity contribution in [3.63, 3.8) is 0 Å². The molecule has 0 unspecified atom stereocenters. The standard InChI is InChI=1S/C7H10N4O2/c1-11(7(8)13)10-6(12)5-3-2-4-9-5/h2-4,9H,1H3,(H2,8,13)(H,10,12). The largest absolute Gasteiger partial charge is 0.357 e. The van der Waals surface area contributed by atoms with Crippen LogP contribution in [0, 0.1) is 0 Å². The minimum atomic E-state index is -0.722. The summed E-state index contributed by atoms with van der Waals surface area (Å²) in [6.45, 7) is 0. The second-order valence-corrected chi connectivity index (χ2v) is 2.42. The van der Waals surface area contributed by atoms with E-state index in [2.05, 4.69) is 10.4 Å². The van der Waals surface area contributed by atoms with E-state index in [1.165, 1.54) is 7.05 Å². The van der Waals surface area contributed by atoms with Crippen LogP contribution in [0.15, 0.2) is 18.3 Å². The highest BCUT2D eigenvalue weighted by molar-refractivity contribution is 5.93. The molecule has 0 radical (unpaired) electrons. The Morgan fingerprint density at radius 2 is 2.31 bits per heavy atom. The number of nitrogens with zero attached hydrogens (tertiary/aromatic N) is 1. The Morgan fingerprint density at radius 1 is 1.62 bits per heavy atom. The van der Waals surface area contributed by atoms with Crippen molar-refractivity contribution in [2.24, 2.45) is 5.73 Å². The summed E-state index contributed by atoms with van der Waals surface area (Å²) in [6.07, 6.45) is 1.61. The third kappa shape index (κ3) is 2.22. The molecular formula is C7H10N4O2. The molecule has 0 aliphatic rings. The van der Waals surface area contributed by atoms with Gasteiger partial charge in [-0.15, -0.1) is 0 Å². The van der Waals surface area contributed by atoms with Crippen LogP contribution in [-0.4, -0.2) is 29.0 Å². The number of H-pyrrole nitrogens is 1. The first-order valence-corrected chi connectivity index (χ1v) is 3.59. The van der Waals surface area contributed by atoms with Gasteiger partial charge >= 0.3 is 6.03 Å². The number of nitrogens with one attached hydrogen (secondary N) is 2. The summed E-state index contributed by atoms with van der Waals surface area (Å²) in [4.78, 5) is 24.4. The summed E-state index contributed by atoms with van der Waals surface area (Å²) in [7, 11) is 1.36. The number of carbonyl (C=O) groups is 2. The summed E-state index contributed by atoms with van der Waals surface area (Å²) in [5.41, 5.74) is 7.54. The zero-order valence-corrected chi connectivity index (χ0v) is 7.07. The van der Waals surface area contributed by atoms with Crippen LogP contribution in [0.3, 0.4) is 0 Å². The molecule has 0 saturated heterocycles. The maximum absolute atomic E-state index is 11.2. The monoisotopic (exact) mass is 182 g/mol. The first-order chi connectivity index (χ1) is 6.11. The SMILES string of the molecule is CN(NC(=O)c1ccc[nH]1)C(N)=O. The zero-order chi connectivity index (χ0) is 9.84. The summed E-state index contributed by atoms with van der Waals surface area (Å²) < 4.78 is 0. The van der Waals surface area contributed by atoms with Crippen molar-refractivity contribution in [1.82, 2.24) is 15.4 Å². The van der Waals surface area contributed by atoms with Gasteiger partial charge in [0.05, 0.1) is 0 Å². The van der Waals surface area contributed by atoms with Crippen molar-refractivity contribution in [2.75, 3.05) is 7.05 Å². The number of carbonyl (C=O) groups excluding carboxylic acids is 2. The van der Waals surface area contributed by atoms with E-state index in [0.717, 1.165) is 5.01 Å². The van der Waals surface area contributed by atoms with Crippen molar-refractivity contribution < 1.29 is 9.59 Å². The highest BCUT2D eigenvalue weighted by atomic mass is 16.2. The van der Waals surface area contributed by atoms with Crippen LogP contribution in [0.4, 0.5) is 4.79 Å². The van der Waals surface area contributed by atoms with Gasteiger partial charge in [0.25, 0.3) is 5.91 Å². The van der Waals surface area contributed by atoms with Crippen molar-refractivity contribution in [3.05, 3.63) is 24.0 Å². The van der Waals surface area contributed by atoms with Gasteiger partial charge in [-0.25, -0.2) is 9.80 Å². The fourth-order valence-corrected chi connectivity index (χ4v) is 0.739. The normalized spacial score (nSPS) is 9.31. The van der Waals surface area contributed by atoms with E-state index >= 15 is 0 Å². The van der Waals surface area contributed by atoms with E-state index in [1.54, 1.807) is 18.3 Å². The van der Waals surface area contributed by atoms with Gasteiger partial charge in [0.2, 0.25) is 0 Å².